The van der Waals surface area contributed by atoms with Crippen LogP contribution >= 0.6 is 0 Å². The molecule has 35 heavy (non-hydrogen) atoms. The molecule has 1 amide bonds. The SMILES string of the molecule is C=C/C=C\C=C/COc1ccc(C(=O)N[C@@H](CO)c2nc(-c3ccc(C(F)(F)F)cc3)no2)cc1. The number of ether oxygens (including phenoxy) is 1. The summed E-state index contributed by atoms with van der Waals surface area (Å²) in [6.45, 7) is 3.38. The molecule has 0 aliphatic carbocycles. The van der Waals surface area contributed by atoms with Gasteiger partial charge in [-0.1, -0.05) is 48.2 Å². The van der Waals surface area contributed by atoms with E-state index < -0.39 is 30.3 Å². The van der Waals surface area contributed by atoms with E-state index in [-0.39, 0.29) is 17.3 Å². The summed E-state index contributed by atoms with van der Waals surface area (Å²) in [5.74, 6) is -0.0000171. The number of carbonyl (C=O) groups excluding carboxylic acids is 1. The smallest absolute Gasteiger partial charge is 0.416 e. The Kier molecular flexibility index (Phi) is 8.58. The van der Waals surface area contributed by atoms with E-state index in [0.717, 1.165) is 12.1 Å². The van der Waals surface area contributed by atoms with E-state index in [9.17, 15) is 23.1 Å². The number of aromatic nitrogens is 2. The average Bonchev–Trinajstić information content (AvgIpc) is 3.34. The second-order valence-electron chi connectivity index (χ2n) is 7.12. The van der Waals surface area contributed by atoms with Crippen LogP contribution in [0.15, 0.2) is 90.0 Å². The summed E-state index contributed by atoms with van der Waals surface area (Å²) in [5.41, 5.74) is -0.208. The number of halogens is 3. The largest absolute Gasteiger partial charge is 0.490 e. The van der Waals surface area contributed by atoms with Crippen molar-refractivity contribution >= 4 is 5.91 Å². The van der Waals surface area contributed by atoms with Gasteiger partial charge in [-0.2, -0.15) is 18.2 Å². The number of rotatable bonds is 10. The minimum Gasteiger partial charge on any atom is -0.490 e. The van der Waals surface area contributed by atoms with Gasteiger partial charge in [-0.15, -0.1) is 0 Å². The minimum atomic E-state index is -4.46. The molecule has 10 heteroatoms. The molecular weight excluding hydrogens is 463 g/mol. The number of carbonyl (C=O) groups is 1. The highest BCUT2D eigenvalue weighted by Crippen LogP contribution is 2.30. The summed E-state index contributed by atoms with van der Waals surface area (Å²) in [6.07, 6.45) is 4.43. The number of nitrogens with one attached hydrogen (secondary N) is 1. The highest BCUT2D eigenvalue weighted by atomic mass is 19.4. The van der Waals surface area contributed by atoms with Crippen molar-refractivity contribution < 1.29 is 32.3 Å². The standard InChI is InChI=1S/C25H22F3N3O4/c1-2-3-4-5-6-15-34-20-13-9-18(10-14-20)23(33)29-21(16-32)24-30-22(31-35-24)17-7-11-19(12-8-17)25(26,27)28/h2-14,21,32H,1,15-16H2,(H,29,33)/b4-3-,6-5-/t21-/m0/s1. The molecule has 2 N–H and O–H groups in total. The Morgan fingerprint density at radius 3 is 2.46 bits per heavy atom. The number of amides is 1. The van der Waals surface area contributed by atoms with Gasteiger partial charge in [0.2, 0.25) is 5.82 Å². The van der Waals surface area contributed by atoms with Gasteiger partial charge in [-0.25, -0.2) is 0 Å². The summed E-state index contributed by atoms with van der Waals surface area (Å²) in [5, 5.41) is 16.0. The number of alkyl halides is 3. The van der Waals surface area contributed by atoms with Crippen LogP contribution in [0, 0.1) is 0 Å². The molecule has 1 atom stereocenters. The number of allylic oxidation sites excluding steroid dienone is 4. The van der Waals surface area contributed by atoms with E-state index >= 15 is 0 Å². The third-order valence-corrected chi connectivity index (χ3v) is 4.66. The number of hydrogen-bond acceptors (Lipinski definition) is 6. The van der Waals surface area contributed by atoms with E-state index in [0.29, 0.717) is 17.9 Å². The quantitative estimate of drug-likeness (QED) is 0.397. The molecule has 0 saturated heterocycles. The Balaban J connectivity index is 1.61. The Morgan fingerprint density at radius 1 is 1.11 bits per heavy atom. The highest BCUT2D eigenvalue weighted by molar-refractivity contribution is 5.94. The minimum absolute atomic E-state index is 0.0250. The maximum atomic E-state index is 12.7. The fourth-order valence-electron chi connectivity index (χ4n) is 2.85. The molecule has 3 rings (SSSR count). The summed E-state index contributed by atoms with van der Waals surface area (Å²) < 4.78 is 48.9. The van der Waals surface area contributed by atoms with Gasteiger partial charge in [0.25, 0.3) is 11.8 Å². The summed E-state index contributed by atoms with van der Waals surface area (Å²) in [6, 6.07) is 9.59. The monoisotopic (exact) mass is 485 g/mol. The van der Waals surface area contributed by atoms with Crippen LogP contribution in [-0.2, 0) is 6.18 Å². The van der Waals surface area contributed by atoms with Crippen molar-refractivity contribution in [2.75, 3.05) is 13.2 Å². The van der Waals surface area contributed by atoms with E-state index in [2.05, 4.69) is 22.0 Å². The predicted octanol–water partition coefficient (Wildman–Crippen LogP) is 4.90. The third kappa shape index (κ3) is 7.15. The van der Waals surface area contributed by atoms with Gasteiger partial charge < -0.3 is 19.7 Å². The van der Waals surface area contributed by atoms with Gasteiger partial charge in [0.1, 0.15) is 18.4 Å². The van der Waals surface area contributed by atoms with Crippen LogP contribution in [0.5, 0.6) is 5.75 Å². The van der Waals surface area contributed by atoms with Crippen LogP contribution in [0.3, 0.4) is 0 Å². The zero-order chi connectivity index (χ0) is 25.3. The number of aliphatic hydroxyl groups excluding tert-OH is 1. The van der Waals surface area contributed by atoms with Crippen LogP contribution in [-0.4, -0.2) is 34.4 Å². The molecule has 0 unspecified atom stereocenters. The van der Waals surface area contributed by atoms with Crippen LogP contribution in [0.4, 0.5) is 13.2 Å². The molecule has 0 radical (unpaired) electrons. The van der Waals surface area contributed by atoms with Gasteiger partial charge in [0.05, 0.1) is 12.2 Å². The predicted molar refractivity (Wildman–Crippen MR) is 122 cm³/mol. The van der Waals surface area contributed by atoms with Gasteiger partial charge in [-0.3, -0.25) is 4.79 Å². The molecule has 0 aliphatic rings. The van der Waals surface area contributed by atoms with Gasteiger partial charge in [0.15, 0.2) is 0 Å². The normalized spacial score (nSPS) is 12.7. The maximum Gasteiger partial charge on any atom is 0.416 e. The maximum absolute atomic E-state index is 12.7. The molecule has 3 aromatic rings. The summed E-state index contributed by atoms with van der Waals surface area (Å²) in [7, 11) is 0. The molecule has 7 nitrogen and oxygen atoms in total. The first-order valence-corrected chi connectivity index (χ1v) is 10.4. The summed E-state index contributed by atoms with van der Waals surface area (Å²) >= 11 is 0. The van der Waals surface area contributed by atoms with Crippen molar-refractivity contribution in [2.45, 2.75) is 12.2 Å². The van der Waals surface area contributed by atoms with Crippen molar-refractivity contribution in [3.63, 3.8) is 0 Å². The third-order valence-electron chi connectivity index (χ3n) is 4.66. The van der Waals surface area contributed by atoms with Gasteiger partial charge >= 0.3 is 6.18 Å². The highest BCUT2D eigenvalue weighted by Gasteiger charge is 2.30. The van der Waals surface area contributed by atoms with E-state index in [1.807, 2.05) is 18.2 Å². The van der Waals surface area contributed by atoms with Crippen LogP contribution in [0.25, 0.3) is 11.4 Å². The molecule has 2 aromatic carbocycles. The van der Waals surface area contributed by atoms with Crippen molar-refractivity contribution in [3.8, 4) is 17.1 Å². The molecule has 0 saturated carbocycles. The van der Waals surface area contributed by atoms with E-state index in [1.54, 1.807) is 36.4 Å². The van der Waals surface area contributed by atoms with Crippen LogP contribution in [0.1, 0.15) is 27.9 Å². The first-order valence-electron chi connectivity index (χ1n) is 10.4. The molecule has 1 heterocycles. The van der Waals surface area contributed by atoms with Crippen molar-refractivity contribution in [2.24, 2.45) is 0 Å². The molecule has 182 valence electrons. The molecule has 0 aliphatic heterocycles. The number of hydrogen-bond donors (Lipinski definition) is 2. The molecule has 0 spiro atoms. The number of nitrogens with zero attached hydrogens (tertiary/aromatic N) is 2. The fourth-order valence-corrected chi connectivity index (χ4v) is 2.85. The van der Waals surface area contributed by atoms with Gasteiger partial charge in [-0.05, 0) is 42.5 Å². The summed E-state index contributed by atoms with van der Waals surface area (Å²) in [4.78, 5) is 16.7. The first kappa shape index (κ1) is 25.4. The lowest BCUT2D eigenvalue weighted by Gasteiger charge is -2.12. The average molecular weight is 485 g/mol. The van der Waals surface area contributed by atoms with Crippen molar-refractivity contribution in [3.05, 3.63) is 103 Å². The Labute approximate surface area is 199 Å². The lowest BCUT2D eigenvalue weighted by molar-refractivity contribution is -0.137. The van der Waals surface area contributed by atoms with Crippen molar-refractivity contribution in [1.29, 1.82) is 0 Å². The molecule has 1 aromatic heterocycles. The van der Waals surface area contributed by atoms with Gasteiger partial charge in [0, 0.05) is 11.1 Å². The Morgan fingerprint density at radius 2 is 1.83 bits per heavy atom. The van der Waals surface area contributed by atoms with E-state index in [1.165, 1.54) is 12.1 Å². The topological polar surface area (TPSA) is 97.5 Å². The lowest BCUT2D eigenvalue weighted by atomic mass is 10.1. The lowest BCUT2D eigenvalue weighted by Crippen LogP contribution is -2.31. The zero-order valence-electron chi connectivity index (χ0n) is 18.4. The van der Waals surface area contributed by atoms with Crippen molar-refractivity contribution in [1.82, 2.24) is 15.5 Å². The Hall–Kier alpha value is -4.18. The molecule has 0 bridgehead atoms. The number of aliphatic hydroxyl groups is 1. The Bertz CT molecular complexity index is 1180. The molecular formula is C25H22F3N3O4. The van der Waals surface area contributed by atoms with E-state index in [4.69, 9.17) is 9.26 Å². The molecule has 0 fully saturated rings. The second kappa shape index (κ2) is 11.8. The second-order valence-corrected chi connectivity index (χ2v) is 7.12. The first-order chi connectivity index (χ1) is 16.8. The fraction of sp³-hybridized carbons (Fsp3) is 0.160. The number of benzene rings is 2. The van der Waals surface area contributed by atoms with Crippen LogP contribution < -0.4 is 10.1 Å². The van der Waals surface area contributed by atoms with Crippen LogP contribution in [0.2, 0.25) is 0 Å². The zero-order valence-corrected chi connectivity index (χ0v) is 18.4.